The van der Waals surface area contributed by atoms with Crippen LogP contribution in [-0.2, 0) is 11.2 Å². The highest BCUT2D eigenvalue weighted by Crippen LogP contribution is 2.17. The predicted molar refractivity (Wildman–Crippen MR) is 68.7 cm³/mol. The summed E-state index contributed by atoms with van der Waals surface area (Å²) >= 11 is 0. The van der Waals surface area contributed by atoms with E-state index in [1.54, 1.807) is 13.0 Å². The summed E-state index contributed by atoms with van der Waals surface area (Å²) in [6, 6.07) is 6.09. The third-order valence-corrected chi connectivity index (χ3v) is 3.18. The first-order valence-electron chi connectivity index (χ1n) is 6.13. The fraction of sp³-hybridized carbons (Fsp3) is 0.500. The van der Waals surface area contributed by atoms with Crippen molar-refractivity contribution in [2.45, 2.75) is 32.7 Å². The van der Waals surface area contributed by atoms with Crippen LogP contribution >= 0.6 is 0 Å². The largest absolute Gasteiger partial charge is 0.481 e. The fourth-order valence-corrected chi connectivity index (χ4v) is 2.00. The number of aliphatic carboxylic acids is 1. The number of carboxylic acid groups (broad SMARTS) is 1. The number of carbonyl (C=O) groups is 1. The van der Waals surface area contributed by atoms with Gasteiger partial charge in [0.2, 0.25) is 0 Å². The molecule has 3 nitrogen and oxygen atoms in total. The summed E-state index contributed by atoms with van der Waals surface area (Å²) in [7, 11) is 0. The first-order valence-corrected chi connectivity index (χ1v) is 6.13. The van der Waals surface area contributed by atoms with E-state index in [-0.39, 0.29) is 17.8 Å². The highest BCUT2D eigenvalue weighted by atomic mass is 19.1. The molecule has 0 aliphatic carbocycles. The van der Waals surface area contributed by atoms with E-state index >= 15 is 0 Å². The summed E-state index contributed by atoms with van der Waals surface area (Å²) in [6.07, 6.45) is 1.32. The molecule has 0 heterocycles. The molecule has 0 aliphatic rings. The van der Waals surface area contributed by atoms with Gasteiger partial charge >= 0.3 is 5.97 Å². The van der Waals surface area contributed by atoms with E-state index in [1.807, 2.05) is 13.0 Å². The molecular weight excluding hydrogens is 233 g/mol. The highest BCUT2D eigenvalue weighted by molar-refractivity contribution is 5.70. The SMILES string of the molecule is CC(Cc1cccc(F)c1)CC(N)C(C)C(=O)O. The molecule has 18 heavy (non-hydrogen) atoms. The second-order valence-electron chi connectivity index (χ2n) is 4.97. The lowest BCUT2D eigenvalue weighted by Crippen LogP contribution is -2.35. The molecule has 0 aliphatic heterocycles. The molecule has 3 N–H and O–H groups in total. The van der Waals surface area contributed by atoms with E-state index in [4.69, 9.17) is 10.8 Å². The Labute approximate surface area is 107 Å². The lowest BCUT2D eigenvalue weighted by Gasteiger charge is -2.20. The van der Waals surface area contributed by atoms with Crippen LogP contribution in [-0.4, -0.2) is 17.1 Å². The zero-order valence-corrected chi connectivity index (χ0v) is 10.8. The zero-order valence-electron chi connectivity index (χ0n) is 10.8. The number of halogens is 1. The minimum atomic E-state index is -0.875. The lowest BCUT2D eigenvalue weighted by molar-refractivity contribution is -0.141. The van der Waals surface area contributed by atoms with Crippen LogP contribution < -0.4 is 5.73 Å². The Morgan fingerprint density at radius 1 is 1.44 bits per heavy atom. The maximum Gasteiger partial charge on any atom is 0.307 e. The maximum atomic E-state index is 13.0. The number of hydrogen-bond acceptors (Lipinski definition) is 2. The Hall–Kier alpha value is -1.42. The molecule has 0 radical (unpaired) electrons. The second-order valence-corrected chi connectivity index (χ2v) is 4.97. The Morgan fingerprint density at radius 3 is 2.67 bits per heavy atom. The summed E-state index contributed by atoms with van der Waals surface area (Å²) in [5.41, 5.74) is 6.76. The van der Waals surface area contributed by atoms with Gasteiger partial charge in [-0.25, -0.2) is 4.39 Å². The third-order valence-electron chi connectivity index (χ3n) is 3.18. The summed E-state index contributed by atoms with van der Waals surface area (Å²) in [6.45, 7) is 3.61. The average Bonchev–Trinajstić information content (AvgIpc) is 2.27. The number of nitrogens with two attached hydrogens (primary N) is 1. The monoisotopic (exact) mass is 253 g/mol. The summed E-state index contributed by atoms with van der Waals surface area (Å²) < 4.78 is 13.0. The van der Waals surface area contributed by atoms with Gasteiger partial charge in [-0.2, -0.15) is 0 Å². The van der Waals surface area contributed by atoms with Gasteiger partial charge in [0.05, 0.1) is 5.92 Å². The van der Waals surface area contributed by atoms with Gasteiger partial charge in [-0.3, -0.25) is 4.79 Å². The van der Waals surface area contributed by atoms with Crippen LogP contribution in [0.1, 0.15) is 25.8 Å². The number of rotatable bonds is 6. The molecule has 0 fully saturated rings. The van der Waals surface area contributed by atoms with Crippen molar-refractivity contribution in [2.24, 2.45) is 17.6 Å². The van der Waals surface area contributed by atoms with Crippen molar-refractivity contribution in [3.63, 3.8) is 0 Å². The molecule has 0 saturated heterocycles. The quantitative estimate of drug-likeness (QED) is 0.818. The molecule has 0 bridgehead atoms. The van der Waals surface area contributed by atoms with Crippen molar-refractivity contribution in [1.82, 2.24) is 0 Å². The molecular formula is C14H20FNO2. The van der Waals surface area contributed by atoms with Gasteiger partial charge in [0.15, 0.2) is 0 Å². The molecule has 3 atom stereocenters. The van der Waals surface area contributed by atoms with Crippen molar-refractivity contribution >= 4 is 5.97 Å². The normalized spacial score (nSPS) is 16.0. The highest BCUT2D eigenvalue weighted by Gasteiger charge is 2.21. The summed E-state index contributed by atoms with van der Waals surface area (Å²) in [4.78, 5) is 10.8. The topological polar surface area (TPSA) is 63.3 Å². The summed E-state index contributed by atoms with van der Waals surface area (Å²) in [5.74, 6) is -1.45. The van der Waals surface area contributed by atoms with Gasteiger partial charge in [-0.05, 0) is 36.5 Å². The number of benzene rings is 1. The van der Waals surface area contributed by atoms with Gasteiger partial charge in [-0.15, -0.1) is 0 Å². The first kappa shape index (κ1) is 14.6. The summed E-state index contributed by atoms with van der Waals surface area (Å²) in [5, 5.41) is 8.86. The Kier molecular flexibility index (Phi) is 5.28. The van der Waals surface area contributed by atoms with Crippen molar-refractivity contribution in [1.29, 1.82) is 0 Å². The zero-order chi connectivity index (χ0) is 13.7. The Balaban J connectivity index is 2.51. The van der Waals surface area contributed by atoms with Gasteiger partial charge in [0.1, 0.15) is 5.82 Å². The minimum absolute atomic E-state index is 0.226. The molecule has 1 aromatic rings. The standard InChI is InChI=1S/C14H20FNO2/c1-9(7-13(16)10(2)14(17)18)6-11-4-3-5-12(15)8-11/h3-5,8-10,13H,6-7,16H2,1-2H3,(H,17,18). The van der Waals surface area contributed by atoms with Crippen molar-refractivity contribution in [3.05, 3.63) is 35.6 Å². The van der Waals surface area contributed by atoms with Crippen molar-refractivity contribution in [2.75, 3.05) is 0 Å². The third kappa shape index (κ3) is 4.45. The number of carboxylic acids is 1. The van der Waals surface area contributed by atoms with Gasteiger partial charge in [0, 0.05) is 6.04 Å². The molecule has 0 spiro atoms. The van der Waals surface area contributed by atoms with Crippen LogP contribution in [0.5, 0.6) is 0 Å². The Bertz CT molecular complexity index is 409. The van der Waals surface area contributed by atoms with E-state index in [9.17, 15) is 9.18 Å². The van der Waals surface area contributed by atoms with E-state index in [0.29, 0.717) is 12.8 Å². The first-order chi connectivity index (χ1) is 8.40. The Morgan fingerprint density at radius 2 is 2.11 bits per heavy atom. The van der Waals surface area contributed by atoms with E-state index in [1.165, 1.54) is 12.1 Å². The molecule has 0 aromatic heterocycles. The fourth-order valence-electron chi connectivity index (χ4n) is 2.00. The predicted octanol–water partition coefficient (Wildman–Crippen LogP) is 2.44. The van der Waals surface area contributed by atoms with Crippen LogP contribution in [0.25, 0.3) is 0 Å². The van der Waals surface area contributed by atoms with Crippen LogP contribution in [0.2, 0.25) is 0 Å². The molecule has 3 unspecified atom stereocenters. The molecule has 1 rings (SSSR count). The smallest absolute Gasteiger partial charge is 0.307 e. The molecule has 1 aromatic carbocycles. The molecule has 0 saturated carbocycles. The van der Waals surface area contributed by atoms with Crippen molar-refractivity contribution in [3.8, 4) is 0 Å². The second kappa shape index (κ2) is 6.50. The molecule has 0 amide bonds. The van der Waals surface area contributed by atoms with Gasteiger partial charge in [-0.1, -0.05) is 26.0 Å². The maximum absolute atomic E-state index is 13.0. The van der Waals surface area contributed by atoms with E-state index < -0.39 is 11.9 Å². The van der Waals surface area contributed by atoms with Crippen LogP contribution in [0, 0.1) is 17.7 Å². The lowest BCUT2D eigenvalue weighted by atomic mass is 9.89. The van der Waals surface area contributed by atoms with E-state index in [2.05, 4.69) is 0 Å². The number of hydrogen-bond donors (Lipinski definition) is 2. The van der Waals surface area contributed by atoms with Gasteiger partial charge in [0.25, 0.3) is 0 Å². The average molecular weight is 253 g/mol. The van der Waals surface area contributed by atoms with Gasteiger partial charge < -0.3 is 10.8 Å². The molecule has 4 heteroatoms. The van der Waals surface area contributed by atoms with E-state index in [0.717, 1.165) is 5.56 Å². The molecule has 100 valence electrons. The van der Waals surface area contributed by atoms with Crippen LogP contribution in [0.4, 0.5) is 4.39 Å². The van der Waals surface area contributed by atoms with Crippen molar-refractivity contribution < 1.29 is 14.3 Å². The minimum Gasteiger partial charge on any atom is -0.481 e. The van der Waals surface area contributed by atoms with Crippen LogP contribution in [0.3, 0.4) is 0 Å². The van der Waals surface area contributed by atoms with Crippen LogP contribution in [0.15, 0.2) is 24.3 Å².